The van der Waals surface area contributed by atoms with Gasteiger partial charge >= 0.3 is 0 Å². The molecular weight excluding hydrogens is 536 g/mol. The summed E-state index contributed by atoms with van der Waals surface area (Å²) in [4.78, 5) is 7.07. The molecule has 14 heteroatoms. The standard InChI is InChI=1S/C24H31F2N7O3S2/c1-23(2)12-32(9-14(11-34)28-23)16-8-15(38(35,36)31-24(3)6-7-24)10-33-18(17(13-4-5-13)27-20(16)33)21-29-30-22(37-21)19(25)26/h8,10,13-14,19,28,31,34H,4-7,9,11-12H2,1-3H3/t14-/m0/s1. The lowest BCUT2D eigenvalue weighted by molar-refractivity contribution is 0.150. The predicted molar refractivity (Wildman–Crippen MR) is 139 cm³/mol. The van der Waals surface area contributed by atoms with Crippen LogP contribution in [0.4, 0.5) is 14.5 Å². The highest BCUT2D eigenvalue weighted by Gasteiger charge is 2.42. The summed E-state index contributed by atoms with van der Waals surface area (Å²) in [7, 11) is -3.90. The zero-order valence-electron chi connectivity index (χ0n) is 21.4. The van der Waals surface area contributed by atoms with Crippen molar-refractivity contribution in [2.75, 3.05) is 24.6 Å². The summed E-state index contributed by atoms with van der Waals surface area (Å²) >= 11 is 0.797. The molecule has 0 unspecified atom stereocenters. The topological polar surface area (TPSA) is 125 Å². The van der Waals surface area contributed by atoms with E-state index >= 15 is 0 Å². The van der Waals surface area contributed by atoms with Crippen LogP contribution in [0.15, 0.2) is 17.2 Å². The van der Waals surface area contributed by atoms with Gasteiger partial charge in [0.15, 0.2) is 15.7 Å². The molecule has 0 spiro atoms. The number of nitrogens with one attached hydrogen (secondary N) is 2. The van der Waals surface area contributed by atoms with Crippen LogP contribution in [0, 0.1) is 0 Å². The molecule has 10 nitrogen and oxygen atoms in total. The SMILES string of the molecule is CC1(C)CN(c2cc(S(=O)(=O)NC3(C)CC3)cn3c(-c4nnc(C(F)F)s4)c(C4CC4)nc23)C[C@@H](CO)N1. The average Bonchev–Trinajstić information content (AvgIpc) is 3.72. The van der Waals surface area contributed by atoms with E-state index in [-0.39, 0.29) is 34.0 Å². The van der Waals surface area contributed by atoms with Crippen LogP contribution in [0.3, 0.4) is 0 Å². The maximum absolute atomic E-state index is 13.6. The van der Waals surface area contributed by atoms with Crippen molar-refractivity contribution in [2.45, 2.75) is 80.8 Å². The number of alkyl halides is 2. The molecule has 1 saturated heterocycles. The maximum Gasteiger partial charge on any atom is 0.291 e. The van der Waals surface area contributed by atoms with Crippen LogP contribution in [0.25, 0.3) is 16.3 Å². The summed E-state index contributed by atoms with van der Waals surface area (Å²) in [6.45, 7) is 6.82. The minimum absolute atomic E-state index is 0.0598. The molecule has 3 fully saturated rings. The second-order valence-corrected chi connectivity index (χ2v) is 14.3. The number of hydrogen-bond acceptors (Lipinski definition) is 9. The van der Waals surface area contributed by atoms with Gasteiger partial charge in [-0.25, -0.2) is 26.9 Å². The fourth-order valence-electron chi connectivity index (χ4n) is 5.18. The van der Waals surface area contributed by atoms with Gasteiger partial charge in [0.05, 0.1) is 18.0 Å². The number of hydrogen-bond donors (Lipinski definition) is 3. The first-order valence-electron chi connectivity index (χ1n) is 12.7. The Morgan fingerprint density at radius 1 is 1.26 bits per heavy atom. The van der Waals surface area contributed by atoms with Crippen molar-refractivity contribution in [2.24, 2.45) is 0 Å². The van der Waals surface area contributed by atoms with Gasteiger partial charge in [0.25, 0.3) is 6.43 Å². The molecule has 1 aliphatic heterocycles. The molecule has 2 aliphatic carbocycles. The Kier molecular flexibility index (Phi) is 6.07. The minimum atomic E-state index is -3.90. The lowest BCUT2D eigenvalue weighted by Gasteiger charge is -2.44. The van der Waals surface area contributed by atoms with Gasteiger partial charge < -0.3 is 15.3 Å². The van der Waals surface area contributed by atoms with Gasteiger partial charge in [-0.15, -0.1) is 10.2 Å². The van der Waals surface area contributed by atoms with Gasteiger partial charge in [-0.3, -0.25) is 4.40 Å². The van der Waals surface area contributed by atoms with Crippen LogP contribution in [0.5, 0.6) is 0 Å². The first kappa shape index (κ1) is 26.0. The summed E-state index contributed by atoms with van der Waals surface area (Å²) in [5, 5.41) is 21.0. The molecule has 38 heavy (non-hydrogen) atoms. The van der Waals surface area contributed by atoms with E-state index in [9.17, 15) is 22.3 Å². The molecule has 4 heterocycles. The van der Waals surface area contributed by atoms with E-state index in [4.69, 9.17) is 4.98 Å². The number of rotatable bonds is 8. The van der Waals surface area contributed by atoms with Gasteiger partial charge in [-0.1, -0.05) is 11.3 Å². The minimum Gasteiger partial charge on any atom is -0.395 e. The van der Waals surface area contributed by atoms with Crippen molar-refractivity contribution in [1.82, 2.24) is 29.6 Å². The number of piperazine rings is 1. The zero-order chi connectivity index (χ0) is 27.0. The first-order valence-corrected chi connectivity index (χ1v) is 15.0. The number of imidazole rings is 1. The molecule has 3 aromatic heterocycles. The van der Waals surface area contributed by atoms with Crippen LogP contribution in [0.1, 0.15) is 69.5 Å². The number of pyridine rings is 1. The Balaban J connectivity index is 1.58. The number of aliphatic hydroxyl groups is 1. The summed E-state index contributed by atoms with van der Waals surface area (Å²) in [6.07, 6.45) is 2.10. The molecule has 3 N–H and O–H groups in total. The fraction of sp³-hybridized carbons (Fsp3) is 0.625. The number of halogens is 2. The third kappa shape index (κ3) is 4.81. The molecular formula is C24H31F2N7O3S2. The van der Waals surface area contributed by atoms with E-state index < -0.39 is 27.0 Å². The Hall–Kier alpha value is -2.26. The molecule has 0 aromatic carbocycles. The van der Waals surface area contributed by atoms with Gasteiger partial charge in [0.1, 0.15) is 10.6 Å². The van der Waals surface area contributed by atoms with Crippen molar-refractivity contribution in [3.63, 3.8) is 0 Å². The van der Waals surface area contributed by atoms with Crippen molar-refractivity contribution in [3.8, 4) is 10.7 Å². The third-order valence-corrected chi connectivity index (χ3v) is 9.91. The monoisotopic (exact) mass is 567 g/mol. The van der Waals surface area contributed by atoms with Crippen LogP contribution >= 0.6 is 11.3 Å². The molecule has 0 bridgehead atoms. The zero-order valence-corrected chi connectivity index (χ0v) is 23.0. The molecule has 3 aromatic rings. The number of anilines is 1. The van der Waals surface area contributed by atoms with Gasteiger partial charge in [-0.05, 0) is 52.5 Å². The summed E-state index contributed by atoms with van der Waals surface area (Å²) in [5.41, 5.74) is 1.52. The number of fused-ring (bicyclic) bond motifs is 1. The molecule has 0 radical (unpaired) electrons. The van der Waals surface area contributed by atoms with Crippen molar-refractivity contribution in [3.05, 3.63) is 23.0 Å². The number of aliphatic hydroxyl groups excluding tert-OH is 1. The van der Waals surface area contributed by atoms with E-state index in [0.29, 0.717) is 35.8 Å². The van der Waals surface area contributed by atoms with E-state index in [1.54, 1.807) is 10.5 Å². The molecule has 6 rings (SSSR count). The van der Waals surface area contributed by atoms with Gasteiger partial charge in [0.2, 0.25) is 10.0 Å². The molecule has 3 aliphatic rings. The summed E-state index contributed by atoms with van der Waals surface area (Å²) in [6, 6.07) is 1.41. The Morgan fingerprint density at radius 2 is 2.00 bits per heavy atom. The third-order valence-electron chi connectivity index (χ3n) is 7.37. The highest BCUT2D eigenvalue weighted by atomic mass is 32.2. The summed E-state index contributed by atoms with van der Waals surface area (Å²) < 4.78 is 58.5. The lowest BCUT2D eigenvalue weighted by atomic mass is 9.98. The Bertz CT molecular complexity index is 1500. The first-order chi connectivity index (χ1) is 17.9. The lowest BCUT2D eigenvalue weighted by Crippen LogP contribution is -2.63. The maximum atomic E-state index is 13.6. The largest absolute Gasteiger partial charge is 0.395 e. The van der Waals surface area contributed by atoms with Crippen molar-refractivity contribution < 1.29 is 22.3 Å². The van der Waals surface area contributed by atoms with E-state index in [2.05, 4.69) is 20.2 Å². The fourth-order valence-corrected chi connectivity index (χ4v) is 7.42. The quantitative estimate of drug-likeness (QED) is 0.380. The van der Waals surface area contributed by atoms with Crippen molar-refractivity contribution >= 4 is 32.7 Å². The molecule has 206 valence electrons. The predicted octanol–water partition coefficient (Wildman–Crippen LogP) is 3.05. The van der Waals surface area contributed by atoms with Crippen LogP contribution < -0.4 is 14.9 Å². The van der Waals surface area contributed by atoms with Crippen LogP contribution in [-0.2, 0) is 10.0 Å². The Morgan fingerprint density at radius 3 is 2.61 bits per heavy atom. The van der Waals surface area contributed by atoms with Gasteiger partial charge in [0, 0.05) is 42.3 Å². The molecule has 1 atom stereocenters. The highest BCUT2D eigenvalue weighted by Crippen LogP contribution is 2.46. The van der Waals surface area contributed by atoms with Gasteiger partial charge in [-0.2, -0.15) is 0 Å². The summed E-state index contributed by atoms with van der Waals surface area (Å²) in [5.74, 6) is 0.143. The Labute approximate surface area is 223 Å². The molecule has 2 saturated carbocycles. The molecule has 0 amide bonds. The van der Waals surface area contributed by atoms with Crippen LogP contribution in [-0.4, -0.2) is 69.9 Å². The van der Waals surface area contributed by atoms with Crippen LogP contribution in [0.2, 0.25) is 0 Å². The number of aromatic nitrogens is 4. The second kappa shape index (κ2) is 8.88. The van der Waals surface area contributed by atoms with E-state index in [0.717, 1.165) is 37.0 Å². The smallest absolute Gasteiger partial charge is 0.291 e. The number of sulfonamides is 1. The van der Waals surface area contributed by atoms with E-state index in [1.165, 1.54) is 6.20 Å². The second-order valence-electron chi connectivity index (χ2n) is 11.6. The van der Waals surface area contributed by atoms with E-state index in [1.807, 2.05) is 25.7 Å². The average molecular weight is 568 g/mol. The van der Waals surface area contributed by atoms with Crippen molar-refractivity contribution in [1.29, 1.82) is 0 Å². The highest BCUT2D eigenvalue weighted by molar-refractivity contribution is 7.89. The normalized spacial score (nSPS) is 22.9. The number of nitrogens with zero attached hydrogens (tertiary/aromatic N) is 5.